The molecular weight excluding hydrogens is 584 g/mol. The summed E-state index contributed by atoms with van der Waals surface area (Å²) in [7, 11) is -4.17. The molecular formula is C32H44N4O7S. The number of alkyl carbamates (subject to hydrolysis) is 1. The van der Waals surface area contributed by atoms with Crippen LogP contribution in [0, 0.1) is 5.92 Å². The lowest BCUT2D eigenvalue weighted by Gasteiger charge is -2.30. The first-order valence-electron chi connectivity index (χ1n) is 14.9. The molecule has 1 aromatic rings. The van der Waals surface area contributed by atoms with E-state index in [2.05, 4.69) is 28.5 Å². The van der Waals surface area contributed by atoms with E-state index in [4.69, 9.17) is 4.74 Å². The molecule has 0 aromatic heterocycles. The first-order valence-corrected chi connectivity index (χ1v) is 16.4. The molecule has 240 valence electrons. The minimum absolute atomic E-state index is 0.165. The highest BCUT2D eigenvalue weighted by atomic mass is 32.2. The Hall–Kier alpha value is -3.93. The van der Waals surface area contributed by atoms with Crippen LogP contribution in [0.5, 0.6) is 0 Å². The molecule has 0 radical (unpaired) electrons. The van der Waals surface area contributed by atoms with Crippen molar-refractivity contribution >= 4 is 39.9 Å². The van der Waals surface area contributed by atoms with Gasteiger partial charge >= 0.3 is 6.09 Å². The summed E-state index contributed by atoms with van der Waals surface area (Å²) in [6, 6.07) is 6.92. The fourth-order valence-corrected chi connectivity index (χ4v) is 6.02. The standard InChI is InChI=1S/C32H44N4O7S/c1-6-8-9-13-17-25(33-30(40)43-31(3,4)5)28(38)36-20-14-18-26(36)27(37)34-32(22-24(32)7-2)29(39)35-44(41,42)21-19-23-15-11-10-12-16-23/h6-7,10-12,15-16,19,21,24-26H,1-2,8-9,13-14,17-18,20,22H2,3-5H3,(H,33,40)(H,34,37)(H,35,39). The van der Waals surface area contributed by atoms with E-state index in [0.29, 0.717) is 37.8 Å². The van der Waals surface area contributed by atoms with Gasteiger partial charge in [0.15, 0.2) is 0 Å². The van der Waals surface area contributed by atoms with Gasteiger partial charge in [0.05, 0.1) is 5.41 Å². The van der Waals surface area contributed by atoms with Crippen molar-refractivity contribution in [3.05, 3.63) is 66.6 Å². The third-order valence-corrected chi connectivity index (χ3v) is 8.47. The second kappa shape index (κ2) is 14.7. The Balaban J connectivity index is 1.72. The maximum atomic E-state index is 13.7. The molecule has 2 aliphatic rings. The predicted molar refractivity (Wildman–Crippen MR) is 168 cm³/mol. The van der Waals surface area contributed by atoms with Crippen LogP contribution in [-0.4, -0.2) is 66.9 Å². The van der Waals surface area contributed by atoms with Crippen molar-refractivity contribution in [1.29, 1.82) is 0 Å². The monoisotopic (exact) mass is 628 g/mol. The molecule has 3 N–H and O–H groups in total. The van der Waals surface area contributed by atoms with Crippen molar-refractivity contribution in [3.8, 4) is 0 Å². The molecule has 1 heterocycles. The number of ether oxygens (including phenoxy) is 1. The van der Waals surface area contributed by atoms with Crippen molar-refractivity contribution < 1.29 is 32.3 Å². The average molecular weight is 629 g/mol. The molecule has 0 spiro atoms. The quantitative estimate of drug-likeness (QED) is 0.209. The maximum absolute atomic E-state index is 13.7. The molecule has 4 amide bonds. The second-order valence-corrected chi connectivity index (χ2v) is 13.7. The number of rotatable bonds is 14. The van der Waals surface area contributed by atoms with Crippen LogP contribution >= 0.6 is 0 Å². The number of unbranched alkanes of at least 4 members (excludes halogenated alkanes) is 2. The smallest absolute Gasteiger partial charge is 0.408 e. The Morgan fingerprint density at radius 2 is 1.84 bits per heavy atom. The molecule has 4 atom stereocenters. The van der Waals surface area contributed by atoms with E-state index in [9.17, 15) is 27.6 Å². The fraction of sp³-hybridized carbons (Fsp3) is 0.500. The van der Waals surface area contributed by atoms with Crippen LogP contribution in [-0.2, 0) is 29.1 Å². The lowest BCUT2D eigenvalue weighted by atomic mass is 10.1. The van der Waals surface area contributed by atoms with Crippen molar-refractivity contribution in [2.75, 3.05) is 6.54 Å². The van der Waals surface area contributed by atoms with Gasteiger partial charge in [-0.15, -0.1) is 13.2 Å². The van der Waals surface area contributed by atoms with Crippen LogP contribution in [0.15, 0.2) is 61.0 Å². The number of amides is 4. The van der Waals surface area contributed by atoms with Crippen LogP contribution in [0.2, 0.25) is 0 Å². The third kappa shape index (κ3) is 9.54. The molecule has 0 bridgehead atoms. The molecule has 1 saturated heterocycles. The Kier molecular flexibility index (Phi) is 11.5. The first kappa shape index (κ1) is 34.6. The third-order valence-electron chi connectivity index (χ3n) is 7.50. The summed E-state index contributed by atoms with van der Waals surface area (Å²) in [5, 5.41) is 6.30. The zero-order valence-corrected chi connectivity index (χ0v) is 26.5. The van der Waals surface area contributed by atoms with Gasteiger partial charge in [0.2, 0.25) is 11.8 Å². The second-order valence-electron chi connectivity index (χ2n) is 12.2. The van der Waals surface area contributed by atoms with E-state index >= 15 is 0 Å². The number of likely N-dealkylation sites (tertiary alicyclic amines) is 1. The SMILES string of the molecule is C=CCCCCC(NC(=O)OC(C)(C)C)C(=O)N1CCCC1C(=O)NC1(C(=O)NS(=O)(=O)C=Cc2ccccc2)CC1C=C. The highest BCUT2D eigenvalue weighted by Crippen LogP contribution is 2.45. The fourth-order valence-electron chi connectivity index (χ4n) is 5.17. The Morgan fingerprint density at radius 1 is 1.14 bits per heavy atom. The summed E-state index contributed by atoms with van der Waals surface area (Å²) >= 11 is 0. The number of carbonyl (C=O) groups excluding carboxylic acids is 4. The van der Waals surface area contributed by atoms with Gasteiger partial charge in [-0.1, -0.05) is 48.9 Å². The van der Waals surface area contributed by atoms with Gasteiger partial charge in [-0.3, -0.25) is 14.4 Å². The van der Waals surface area contributed by atoms with Gasteiger partial charge in [-0.2, -0.15) is 0 Å². The van der Waals surface area contributed by atoms with Gasteiger partial charge in [0.25, 0.3) is 15.9 Å². The largest absolute Gasteiger partial charge is 0.444 e. The summed E-state index contributed by atoms with van der Waals surface area (Å²) in [6.07, 6.45) is 7.48. The van der Waals surface area contributed by atoms with Gasteiger partial charge < -0.3 is 20.3 Å². The van der Waals surface area contributed by atoms with Gasteiger partial charge in [-0.25, -0.2) is 17.9 Å². The highest BCUT2D eigenvalue weighted by molar-refractivity contribution is 7.93. The summed E-state index contributed by atoms with van der Waals surface area (Å²) < 4.78 is 32.8. The minimum Gasteiger partial charge on any atom is -0.444 e. The molecule has 44 heavy (non-hydrogen) atoms. The molecule has 1 aliphatic heterocycles. The van der Waals surface area contributed by atoms with E-state index in [1.54, 1.807) is 57.2 Å². The predicted octanol–water partition coefficient (Wildman–Crippen LogP) is 3.79. The number of benzene rings is 1. The van der Waals surface area contributed by atoms with Crippen molar-refractivity contribution in [3.63, 3.8) is 0 Å². The van der Waals surface area contributed by atoms with Gasteiger partial charge in [-0.05, 0) is 70.9 Å². The number of carbonyl (C=O) groups is 4. The van der Waals surface area contributed by atoms with Crippen molar-refractivity contribution in [2.45, 2.75) is 88.9 Å². The molecule has 2 fully saturated rings. The number of allylic oxidation sites excluding steroid dienone is 1. The maximum Gasteiger partial charge on any atom is 0.408 e. The van der Waals surface area contributed by atoms with Crippen molar-refractivity contribution in [1.82, 2.24) is 20.3 Å². The van der Waals surface area contributed by atoms with E-state index in [-0.39, 0.29) is 6.42 Å². The lowest BCUT2D eigenvalue weighted by molar-refractivity contribution is -0.141. The molecule has 12 heteroatoms. The Bertz CT molecular complexity index is 1370. The molecule has 4 unspecified atom stereocenters. The van der Waals surface area contributed by atoms with E-state index in [0.717, 1.165) is 18.2 Å². The normalized spacial score (nSPS) is 22.1. The van der Waals surface area contributed by atoms with E-state index in [1.807, 2.05) is 0 Å². The Labute approximate surface area is 260 Å². The zero-order chi connectivity index (χ0) is 32.5. The number of nitrogens with zero attached hydrogens (tertiary/aromatic N) is 1. The van der Waals surface area contributed by atoms with E-state index in [1.165, 1.54) is 17.1 Å². The number of nitrogens with one attached hydrogen (secondary N) is 3. The molecule has 3 rings (SSSR count). The van der Waals surface area contributed by atoms with Crippen LogP contribution in [0.4, 0.5) is 4.79 Å². The van der Waals surface area contributed by atoms with Crippen LogP contribution in [0.3, 0.4) is 0 Å². The summed E-state index contributed by atoms with van der Waals surface area (Å²) in [5.74, 6) is -2.36. The van der Waals surface area contributed by atoms with Crippen LogP contribution in [0.25, 0.3) is 6.08 Å². The molecule has 11 nitrogen and oxygen atoms in total. The number of hydrogen-bond donors (Lipinski definition) is 3. The van der Waals surface area contributed by atoms with Crippen molar-refractivity contribution in [2.24, 2.45) is 5.92 Å². The number of sulfonamides is 1. The topological polar surface area (TPSA) is 151 Å². The highest BCUT2D eigenvalue weighted by Gasteiger charge is 2.61. The molecule has 1 aliphatic carbocycles. The average Bonchev–Trinajstić information content (AvgIpc) is 3.44. The first-order chi connectivity index (χ1) is 20.7. The van der Waals surface area contributed by atoms with E-state index < -0.39 is 63.0 Å². The van der Waals surface area contributed by atoms with Crippen LogP contribution < -0.4 is 15.4 Å². The van der Waals surface area contributed by atoms with Crippen LogP contribution in [0.1, 0.15) is 71.3 Å². The Morgan fingerprint density at radius 3 is 2.45 bits per heavy atom. The lowest BCUT2D eigenvalue weighted by Crippen LogP contribution is -2.58. The van der Waals surface area contributed by atoms with Gasteiger partial charge in [0.1, 0.15) is 23.2 Å². The minimum atomic E-state index is -4.17. The summed E-state index contributed by atoms with van der Waals surface area (Å²) in [4.78, 5) is 54.5. The molecule has 1 saturated carbocycles. The summed E-state index contributed by atoms with van der Waals surface area (Å²) in [5.41, 5.74) is -1.64. The summed E-state index contributed by atoms with van der Waals surface area (Å²) in [6.45, 7) is 12.9. The number of hydrogen-bond acceptors (Lipinski definition) is 7. The molecule has 1 aromatic carbocycles. The van der Waals surface area contributed by atoms with Gasteiger partial charge in [0, 0.05) is 12.5 Å². The zero-order valence-electron chi connectivity index (χ0n) is 25.7.